The molecule has 9 heteroatoms. The summed E-state index contributed by atoms with van der Waals surface area (Å²) in [6, 6.07) is 14.1. The minimum Gasteiger partial charge on any atom is -0.465 e. The Balaban J connectivity index is 1.27. The summed E-state index contributed by atoms with van der Waals surface area (Å²) in [5, 5.41) is 23.1. The zero-order chi connectivity index (χ0) is 20.5. The highest BCUT2D eigenvalue weighted by atomic mass is 16.7. The van der Waals surface area contributed by atoms with Crippen molar-refractivity contribution in [3.8, 4) is 28.3 Å². The Bertz CT molecular complexity index is 1030. The molecule has 2 aliphatic rings. The molecule has 0 radical (unpaired) electrons. The first-order valence-corrected chi connectivity index (χ1v) is 9.91. The van der Waals surface area contributed by atoms with Gasteiger partial charge in [0.15, 0.2) is 0 Å². The third-order valence-electron chi connectivity index (χ3n) is 5.72. The van der Waals surface area contributed by atoms with Gasteiger partial charge in [-0.1, -0.05) is 30.3 Å². The summed E-state index contributed by atoms with van der Waals surface area (Å²) in [5.74, 6) is 1.60. The summed E-state index contributed by atoms with van der Waals surface area (Å²) < 4.78 is 12.1. The monoisotopic (exact) mass is 407 g/mol. The number of piperidine rings is 1. The smallest absolute Gasteiger partial charge is 0.407 e. The second kappa shape index (κ2) is 7.75. The maximum absolute atomic E-state index is 11.1. The van der Waals surface area contributed by atoms with Crippen LogP contribution in [0.5, 0.6) is 5.75 Å². The van der Waals surface area contributed by atoms with Crippen LogP contribution in [0, 0.1) is 5.92 Å². The van der Waals surface area contributed by atoms with Crippen molar-refractivity contribution >= 4 is 6.09 Å². The number of aromatic amines is 1. The number of carboxylic acid groups (broad SMARTS) is 1. The van der Waals surface area contributed by atoms with E-state index in [4.69, 9.17) is 14.6 Å². The normalized spacial score (nSPS) is 19.2. The lowest BCUT2D eigenvalue weighted by molar-refractivity contribution is -0.148. The number of hydrogen-bond acceptors (Lipinski definition) is 6. The fourth-order valence-electron chi connectivity index (χ4n) is 4.01. The van der Waals surface area contributed by atoms with Crippen LogP contribution in [-0.4, -0.2) is 56.1 Å². The molecular formula is C21H21N5O4. The van der Waals surface area contributed by atoms with E-state index in [9.17, 15) is 4.79 Å². The second-order valence-electron chi connectivity index (χ2n) is 7.54. The number of hydrogen-bond donors (Lipinski definition) is 2. The minimum absolute atomic E-state index is 0.200. The number of H-pyrrole nitrogens is 1. The summed E-state index contributed by atoms with van der Waals surface area (Å²) in [7, 11) is 0. The Morgan fingerprint density at radius 3 is 2.50 bits per heavy atom. The minimum atomic E-state index is -0.859. The van der Waals surface area contributed by atoms with Crippen molar-refractivity contribution in [2.75, 3.05) is 13.1 Å². The van der Waals surface area contributed by atoms with Gasteiger partial charge in [-0.3, -0.25) is 0 Å². The van der Waals surface area contributed by atoms with Gasteiger partial charge in [-0.2, -0.15) is 5.21 Å². The number of amides is 1. The number of nitrogens with one attached hydrogen (secondary N) is 1. The van der Waals surface area contributed by atoms with E-state index in [0.29, 0.717) is 25.5 Å². The van der Waals surface area contributed by atoms with Crippen LogP contribution in [0.15, 0.2) is 42.5 Å². The van der Waals surface area contributed by atoms with Gasteiger partial charge in [-0.15, -0.1) is 10.2 Å². The molecule has 1 amide bonds. The number of rotatable bonds is 3. The van der Waals surface area contributed by atoms with Crippen LogP contribution in [0.25, 0.3) is 22.5 Å². The van der Waals surface area contributed by atoms with Crippen LogP contribution in [0.2, 0.25) is 0 Å². The van der Waals surface area contributed by atoms with Gasteiger partial charge in [0.2, 0.25) is 12.1 Å². The van der Waals surface area contributed by atoms with Gasteiger partial charge in [0.05, 0.1) is 6.61 Å². The van der Waals surface area contributed by atoms with Crippen molar-refractivity contribution in [2.24, 2.45) is 5.92 Å². The van der Waals surface area contributed by atoms with Crippen molar-refractivity contribution in [1.82, 2.24) is 25.5 Å². The van der Waals surface area contributed by atoms with E-state index >= 15 is 0 Å². The lowest BCUT2D eigenvalue weighted by atomic mass is 9.95. The third kappa shape index (κ3) is 3.59. The number of carbonyl (C=O) groups is 1. The average molecular weight is 407 g/mol. The van der Waals surface area contributed by atoms with Gasteiger partial charge < -0.3 is 19.5 Å². The zero-order valence-electron chi connectivity index (χ0n) is 16.2. The van der Waals surface area contributed by atoms with Gasteiger partial charge >= 0.3 is 6.09 Å². The van der Waals surface area contributed by atoms with Gasteiger partial charge in [-0.25, -0.2) is 4.79 Å². The fraction of sp³-hybridized carbons (Fsp3) is 0.333. The SMILES string of the molecule is O=C(O)N1CCC(C2OCc3cc(-c4ccc(-c5nn[nH]n5)cc4)ccc3O2)CC1. The summed E-state index contributed by atoms with van der Waals surface area (Å²) in [6.45, 7) is 1.53. The van der Waals surface area contributed by atoms with E-state index < -0.39 is 6.09 Å². The quantitative estimate of drug-likeness (QED) is 0.685. The summed E-state index contributed by atoms with van der Waals surface area (Å²) in [4.78, 5) is 12.5. The molecule has 5 rings (SSSR count). The zero-order valence-corrected chi connectivity index (χ0v) is 16.2. The lowest BCUT2D eigenvalue weighted by Crippen LogP contribution is -2.43. The number of ether oxygens (including phenoxy) is 2. The van der Waals surface area contributed by atoms with Crippen molar-refractivity contribution in [1.29, 1.82) is 0 Å². The van der Waals surface area contributed by atoms with Crippen molar-refractivity contribution in [3.63, 3.8) is 0 Å². The Labute approximate surface area is 172 Å². The van der Waals surface area contributed by atoms with E-state index in [2.05, 4.69) is 26.7 Å². The molecule has 2 aromatic carbocycles. The molecule has 1 atom stereocenters. The molecular weight excluding hydrogens is 386 g/mol. The summed E-state index contributed by atoms with van der Waals surface area (Å²) in [5.41, 5.74) is 4.06. The van der Waals surface area contributed by atoms with Crippen molar-refractivity contribution in [3.05, 3.63) is 48.0 Å². The van der Waals surface area contributed by atoms with E-state index in [1.54, 1.807) is 0 Å². The molecule has 1 unspecified atom stereocenters. The number of benzene rings is 2. The Morgan fingerprint density at radius 2 is 1.80 bits per heavy atom. The summed E-state index contributed by atoms with van der Waals surface area (Å²) >= 11 is 0. The van der Waals surface area contributed by atoms with Crippen LogP contribution in [-0.2, 0) is 11.3 Å². The molecule has 0 aliphatic carbocycles. The molecule has 3 aromatic rings. The second-order valence-corrected chi connectivity index (χ2v) is 7.54. The molecule has 2 aliphatic heterocycles. The molecule has 3 heterocycles. The number of aromatic nitrogens is 4. The number of tetrazole rings is 1. The molecule has 0 spiro atoms. The highest BCUT2D eigenvalue weighted by Gasteiger charge is 2.33. The van der Waals surface area contributed by atoms with Crippen LogP contribution in [0.1, 0.15) is 18.4 Å². The van der Waals surface area contributed by atoms with E-state index in [0.717, 1.165) is 40.8 Å². The molecule has 1 saturated heterocycles. The van der Waals surface area contributed by atoms with Crippen molar-refractivity contribution in [2.45, 2.75) is 25.7 Å². The van der Waals surface area contributed by atoms with E-state index in [1.165, 1.54) is 4.90 Å². The standard InChI is InChI=1S/C21H21N5O4/c27-21(28)26-9-7-15(8-10-26)20-29-12-17-11-16(5-6-18(17)30-20)13-1-3-14(4-2-13)19-22-24-25-23-19/h1-6,11,15,20H,7-10,12H2,(H,27,28)(H,22,23,24,25). The predicted octanol–water partition coefficient (Wildman–Crippen LogP) is 3.16. The molecule has 0 bridgehead atoms. The first-order valence-electron chi connectivity index (χ1n) is 9.91. The highest BCUT2D eigenvalue weighted by molar-refractivity contribution is 5.69. The highest BCUT2D eigenvalue weighted by Crippen LogP contribution is 2.35. The lowest BCUT2D eigenvalue weighted by Gasteiger charge is -2.36. The Morgan fingerprint density at radius 1 is 1.07 bits per heavy atom. The van der Waals surface area contributed by atoms with Gasteiger partial charge in [0, 0.05) is 30.1 Å². The predicted molar refractivity (Wildman–Crippen MR) is 107 cm³/mol. The maximum Gasteiger partial charge on any atom is 0.407 e. The Hall–Kier alpha value is -3.46. The molecule has 9 nitrogen and oxygen atoms in total. The van der Waals surface area contributed by atoms with Gasteiger partial charge in [-0.05, 0) is 41.3 Å². The van der Waals surface area contributed by atoms with E-state index in [1.807, 2.05) is 36.4 Å². The third-order valence-corrected chi connectivity index (χ3v) is 5.72. The number of fused-ring (bicyclic) bond motifs is 1. The van der Waals surface area contributed by atoms with Crippen molar-refractivity contribution < 1.29 is 19.4 Å². The molecule has 30 heavy (non-hydrogen) atoms. The molecule has 2 N–H and O–H groups in total. The summed E-state index contributed by atoms with van der Waals surface area (Å²) in [6.07, 6.45) is 0.310. The number of likely N-dealkylation sites (tertiary alicyclic amines) is 1. The topological polar surface area (TPSA) is 113 Å². The van der Waals surface area contributed by atoms with Crippen LogP contribution in [0.3, 0.4) is 0 Å². The fourth-order valence-corrected chi connectivity index (χ4v) is 4.01. The van der Waals surface area contributed by atoms with Crippen LogP contribution >= 0.6 is 0 Å². The first-order chi connectivity index (χ1) is 14.7. The maximum atomic E-state index is 11.1. The largest absolute Gasteiger partial charge is 0.465 e. The first kappa shape index (κ1) is 18.6. The Kier molecular flexibility index (Phi) is 4.80. The van der Waals surface area contributed by atoms with Gasteiger partial charge in [0.25, 0.3) is 0 Å². The van der Waals surface area contributed by atoms with E-state index in [-0.39, 0.29) is 12.2 Å². The molecule has 1 fully saturated rings. The molecule has 0 saturated carbocycles. The average Bonchev–Trinajstić information content (AvgIpc) is 3.34. The van der Waals surface area contributed by atoms with Gasteiger partial charge in [0.1, 0.15) is 5.75 Å². The van der Waals surface area contributed by atoms with Crippen LogP contribution in [0.4, 0.5) is 4.79 Å². The number of nitrogens with zero attached hydrogens (tertiary/aromatic N) is 4. The molecule has 154 valence electrons. The molecule has 1 aromatic heterocycles. The van der Waals surface area contributed by atoms with Crippen LogP contribution < -0.4 is 4.74 Å².